The number of hydrogen-bond acceptors (Lipinski definition) is 6. The molecule has 0 saturated heterocycles. The van der Waals surface area contributed by atoms with Crippen LogP contribution < -0.4 is 15.6 Å². The van der Waals surface area contributed by atoms with Gasteiger partial charge in [-0.2, -0.15) is 10.1 Å². The van der Waals surface area contributed by atoms with Gasteiger partial charge in [0.2, 0.25) is 5.95 Å². The number of methoxy groups -OCH3 is 1. The van der Waals surface area contributed by atoms with Crippen LogP contribution in [0.1, 0.15) is 18.9 Å². The van der Waals surface area contributed by atoms with Gasteiger partial charge in [0.15, 0.2) is 11.2 Å². The summed E-state index contributed by atoms with van der Waals surface area (Å²) < 4.78 is 8.56. The number of imidazole rings is 1. The van der Waals surface area contributed by atoms with E-state index in [2.05, 4.69) is 25.4 Å². The standard InChI is InChI=1S/C21H25N7O2/c1-4-11-28-20(29)17-19(25-18(24-17)15-12-23-27(2)13-15)26-21(28)22-10-9-14-5-7-16(30-3)8-6-14/h5-8,12-13H,4,9-11H2,1-3H3,(H,22,26)(H,24,25). The Morgan fingerprint density at radius 3 is 2.67 bits per heavy atom. The number of rotatable bonds is 8. The zero-order valence-corrected chi connectivity index (χ0v) is 17.3. The van der Waals surface area contributed by atoms with Crippen molar-refractivity contribution in [3.63, 3.8) is 0 Å². The third-order valence-corrected chi connectivity index (χ3v) is 4.89. The minimum Gasteiger partial charge on any atom is -0.497 e. The fraction of sp³-hybridized carbons (Fsp3) is 0.333. The topological polar surface area (TPSA) is 103 Å². The Morgan fingerprint density at radius 2 is 2.00 bits per heavy atom. The lowest BCUT2D eigenvalue weighted by molar-refractivity contribution is 0.414. The Morgan fingerprint density at radius 1 is 1.20 bits per heavy atom. The number of nitrogens with zero attached hydrogens (tertiary/aromatic N) is 5. The smallest absolute Gasteiger partial charge is 0.280 e. The third-order valence-electron chi connectivity index (χ3n) is 4.89. The molecule has 4 rings (SSSR count). The zero-order valence-electron chi connectivity index (χ0n) is 17.3. The molecule has 0 saturated carbocycles. The van der Waals surface area contributed by atoms with E-state index in [0.29, 0.717) is 36.0 Å². The van der Waals surface area contributed by atoms with Crippen molar-refractivity contribution in [3.8, 4) is 17.1 Å². The predicted molar refractivity (Wildman–Crippen MR) is 116 cm³/mol. The lowest BCUT2D eigenvalue weighted by atomic mass is 10.1. The monoisotopic (exact) mass is 407 g/mol. The van der Waals surface area contributed by atoms with Gasteiger partial charge < -0.3 is 15.0 Å². The number of anilines is 1. The molecule has 30 heavy (non-hydrogen) atoms. The summed E-state index contributed by atoms with van der Waals surface area (Å²) in [4.78, 5) is 25.3. The van der Waals surface area contributed by atoms with Crippen LogP contribution in [0.25, 0.3) is 22.6 Å². The number of ether oxygens (including phenoxy) is 1. The second-order valence-corrected chi connectivity index (χ2v) is 7.10. The summed E-state index contributed by atoms with van der Waals surface area (Å²) in [7, 11) is 3.49. The zero-order chi connectivity index (χ0) is 21.1. The number of aryl methyl sites for hydroxylation is 1. The molecular weight excluding hydrogens is 382 g/mol. The van der Waals surface area contributed by atoms with Crippen LogP contribution in [0.4, 0.5) is 5.95 Å². The maximum absolute atomic E-state index is 13.1. The fourth-order valence-corrected chi connectivity index (χ4v) is 3.34. The summed E-state index contributed by atoms with van der Waals surface area (Å²) in [5.41, 5.74) is 2.66. The average molecular weight is 407 g/mol. The first-order valence-corrected chi connectivity index (χ1v) is 9.95. The maximum atomic E-state index is 13.1. The SMILES string of the molecule is CCCn1c(NCCc2ccc(OC)cc2)nc2nc(-c3cnn(C)c3)[nH]c2c1=O. The number of nitrogens with one attached hydrogen (secondary N) is 2. The lowest BCUT2D eigenvalue weighted by Gasteiger charge is -2.13. The van der Waals surface area contributed by atoms with Gasteiger partial charge in [0.05, 0.1) is 18.9 Å². The van der Waals surface area contributed by atoms with Crippen LogP contribution in [0.15, 0.2) is 41.5 Å². The van der Waals surface area contributed by atoms with Gasteiger partial charge in [0, 0.05) is 26.3 Å². The molecule has 0 aliphatic heterocycles. The van der Waals surface area contributed by atoms with Gasteiger partial charge in [-0.1, -0.05) is 19.1 Å². The van der Waals surface area contributed by atoms with Crippen LogP contribution in [0.3, 0.4) is 0 Å². The van der Waals surface area contributed by atoms with Gasteiger partial charge >= 0.3 is 0 Å². The highest BCUT2D eigenvalue weighted by Gasteiger charge is 2.16. The quantitative estimate of drug-likeness (QED) is 0.465. The van der Waals surface area contributed by atoms with Gasteiger partial charge in [-0.05, 0) is 30.5 Å². The van der Waals surface area contributed by atoms with E-state index >= 15 is 0 Å². The van der Waals surface area contributed by atoms with E-state index in [1.165, 1.54) is 5.56 Å². The van der Waals surface area contributed by atoms with Crippen molar-refractivity contribution in [2.45, 2.75) is 26.3 Å². The van der Waals surface area contributed by atoms with Crippen molar-refractivity contribution in [3.05, 3.63) is 52.6 Å². The minimum absolute atomic E-state index is 0.128. The highest BCUT2D eigenvalue weighted by Crippen LogP contribution is 2.18. The summed E-state index contributed by atoms with van der Waals surface area (Å²) in [5.74, 6) is 1.95. The summed E-state index contributed by atoms with van der Waals surface area (Å²) in [6.45, 7) is 3.26. The second kappa shape index (κ2) is 8.40. The molecule has 9 nitrogen and oxygen atoms in total. The Kier molecular flexibility index (Phi) is 5.51. The molecule has 3 aromatic heterocycles. The number of H-pyrrole nitrogens is 1. The van der Waals surface area contributed by atoms with Crippen molar-refractivity contribution in [2.24, 2.45) is 7.05 Å². The van der Waals surface area contributed by atoms with Gasteiger partial charge in [0.1, 0.15) is 11.6 Å². The molecule has 0 aliphatic rings. The van der Waals surface area contributed by atoms with Crippen molar-refractivity contribution in [1.82, 2.24) is 29.3 Å². The molecule has 156 valence electrons. The molecule has 0 spiro atoms. The van der Waals surface area contributed by atoms with Crippen LogP contribution in [-0.4, -0.2) is 43.0 Å². The molecule has 0 atom stereocenters. The van der Waals surface area contributed by atoms with E-state index in [0.717, 1.165) is 24.2 Å². The van der Waals surface area contributed by atoms with Gasteiger partial charge in [-0.15, -0.1) is 0 Å². The van der Waals surface area contributed by atoms with E-state index in [-0.39, 0.29) is 5.56 Å². The van der Waals surface area contributed by atoms with E-state index in [1.807, 2.05) is 44.4 Å². The van der Waals surface area contributed by atoms with Crippen molar-refractivity contribution < 1.29 is 4.74 Å². The molecule has 4 aromatic rings. The summed E-state index contributed by atoms with van der Waals surface area (Å²) in [6.07, 6.45) is 5.17. The van der Waals surface area contributed by atoms with E-state index in [1.54, 1.807) is 22.6 Å². The van der Waals surface area contributed by atoms with E-state index in [4.69, 9.17) is 4.74 Å². The summed E-state index contributed by atoms with van der Waals surface area (Å²) in [6, 6.07) is 7.95. The molecule has 2 N–H and O–H groups in total. The molecule has 0 fully saturated rings. The first-order chi connectivity index (χ1) is 14.6. The molecule has 0 bridgehead atoms. The Labute approximate surface area is 173 Å². The van der Waals surface area contributed by atoms with Crippen LogP contribution in [0.2, 0.25) is 0 Å². The normalized spacial score (nSPS) is 11.2. The number of aromatic nitrogens is 6. The van der Waals surface area contributed by atoms with Crippen LogP contribution in [0, 0.1) is 0 Å². The fourth-order valence-electron chi connectivity index (χ4n) is 3.34. The molecule has 0 unspecified atom stereocenters. The molecule has 3 heterocycles. The first-order valence-electron chi connectivity index (χ1n) is 9.95. The average Bonchev–Trinajstić information content (AvgIpc) is 3.37. The van der Waals surface area contributed by atoms with Crippen LogP contribution in [-0.2, 0) is 20.0 Å². The van der Waals surface area contributed by atoms with Gasteiger partial charge in [-0.3, -0.25) is 14.0 Å². The summed E-state index contributed by atoms with van der Waals surface area (Å²) in [5, 5.41) is 7.47. The maximum Gasteiger partial charge on any atom is 0.280 e. The third kappa shape index (κ3) is 3.91. The first kappa shape index (κ1) is 19.7. The molecule has 1 aromatic carbocycles. The van der Waals surface area contributed by atoms with Crippen LogP contribution >= 0.6 is 0 Å². The number of fused-ring (bicyclic) bond motifs is 1. The van der Waals surface area contributed by atoms with Crippen molar-refractivity contribution in [2.75, 3.05) is 19.0 Å². The van der Waals surface area contributed by atoms with Crippen molar-refractivity contribution in [1.29, 1.82) is 0 Å². The molecular formula is C21H25N7O2. The molecule has 0 aliphatic carbocycles. The number of hydrogen-bond donors (Lipinski definition) is 2. The lowest BCUT2D eigenvalue weighted by Crippen LogP contribution is -2.26. The molecule has 0 amide bonds. The minimum atomic E-state index is -0.128. The highest BCUT2D eigenvalue weighted by atomic mass is 16.5. The van der Waals surface area contributed by atoms with Crippen molar-refractivity contribution >= 4 is 17.1 Å². The number of benzene rings is 1. The van der Waals surface area contributed by atoms with Crippen LogP contribution in [0.5, 0.6) is 5.75 Å². The van der Waals surface area contributed by atoms with E-state index in [9.17, 15) is 4.79 Å². The van der Waals surface area contributed by atoms with Gasteiger partial charge in [-0.25, -0.2) is 4.98 Å². The Balaban J connectivity index is 1.60. The Hall–Kier alpha value is -3.62. The Bertz CT molecular complexity index is 1200. The second-order valence-electron chi connectivity index (χ2n) is 7.10. The largest absolute Gasteiger partial charge is 0.497 e. The highest BCUT2D eigenvalue weighted by molar-refractivity contribution is 5.75. The van der Waals surface area contributed by atoms with E-state index < -0.39 is 0 Å². The summed E-state index contributed by atoms with van der Waals surface area (Å²) >= 11 is 0. The molecule has 9 heteroatoms. The van der Waals surface area contributed by atoms with Gasteiger partial charge in [0.25, 0.3) is 5.56 Å². The predicted octanol–water partition coefficient (Wildman–Crippen LogP) is 2.59. The molecule has 0 radical (unpaired) electrons. The number of aromatic amines is 1.